The molecule has 2 fully saturated rings. The van der Waals surface area contributed by atoms with Crippen molar-refractivity contribution in [1.82, 2.24) is 9.62 Å². The molecule has 2 amide bonds. The molecule has 0 bridgehead atoms. The summed E-state index contributed by atoms with van der Waals surface area (Å²) in [5, 5.41) is 0. The number of carbonyl (C=O) groups is 2. The molecule has 0 radical (unpaired) electrons. The van der Waals surface area contributed by atoms with Crippen molar-refractivity contribution in [3.8, 4) is 0 Å². The first-order valence-corrected chi connectivity index (χ1v) is 9.50. The number of sulfonamides is 1. The number of halogens is 3. The Hall–Kier alpha value is -2.10. The number of benzene rings is 1. The summed E-state index contributed by atoms with van der Waals surface area (Å²) in [5.41, 5.74) is -2.73. The Morgan fingerprint density at radius 2 is 1.85 bits per heavy atom. The molecule has 6 nitrogen and oxygen atoms in total. The van der Waals surface area contributed by atoms with Crippen LogP contribution in [0.25, 0.3) is 0 Å². The number of nitrogens with zero attached hydrogens (tertiary/aromatic N) is 1. The van der Waals surface area contributed by atoms with Gasteiger partial charge in [-0.2, -0.15) is 13.2 Å². The van der Waals surface area contributed by atoms with Crippen LogP contribution in [0.4, 0.5) is 13.2 Å². The molecule has 1 N–H and O–H groups in total. The van der Waals surface area contributed by atoms with Gasteiger partial charge in [-0.25, -0.2) is 13.1 Å². The van der Waals surface area contributed by atoms with Crippen molar-refractivity contribution in [2.75, 3.05) is 6.54 Å². The normalized spacial score (nSPS) is 23.3. The summed E-state index contributed by atoms with van der Waals surface area (Å²) in [6.07, 6.45) is -3.19. The van der Waals surface area contributed by atoms with Crippen LogP contribution in [0.1, 0.15) is 31.7 Å². The first kappa shape index (κ1) is 18.7. The fraction of sp³-hybridized carbons (Fsp3) is 0.500. The standard InChI is InChI=1S/C16H17F3N2O4S/c1-15(8-9-21(15)13(22)10-6-7-10)14(23)20-26(24,25)12-5-3-2-4-11(12)16(17,18)19/h2-5,10H,6-9H2,1H3,(H,20,23). The van der Waals surface area contributed by atoms with Gasteiger partial charge in [0.15, 0.2) is 0 Å². The largest absolute Gasteiger partial charge is 0.417 e. The van der Waals surface area contributed by atoms with E-state index >= 15 is 0 Å². The Balaban J connectivity index is 1.84. The fourth-order valence-electron chi connectivity index (χ4n) is 2.92. The van der Waals surface area contributed by atoms with Crippen LogP contribution in [-0.2, 0) is 25.8 Å². The molecule has 1 saturated heterocycles. The van der Waals surface area contributed by atoms with E-state index < -0.39 is 38.1 Å². The number of hydrogen-bond donors (Lipinski definition) is 1. The third-order valence-corrected chi connectivity index (χ3v) is 6.20. The van der Waals surface area contributed by atoms with Gasteiger partial charge in [-0.15, -0.1) is 0 Å². The highest BCUT2D eigenvalue weighted by Crippen LogP contribution is 2.39. The van der Waals surface area contributed by atoms with E-state index in [0.29, 0.717) is 12.6 Å². The van der Waals surface area contributed by atoms with E-state index in [4.69, 9.17) is 0 Å². The molecule has 26 heavy (non-hydrogen) atoms. The third kappa shape index (κ3) is 3.17. The summed E-state index contributed by atoms with van der Waals surface area (Å²) < 4.78 is 65.7. The van der Waals surface area contributed by atoms with Crippen molar-refractivity contribution < 1.29 is 31.2 Å². The molecule has 1 aliphatic heterocycles. The molecule has 1 aromatic carbocycles. The minimum Gasteiger partial charge on any atom is -0.328 e. The van der Waals surface area contributed by atoms with Crippen LogP contribution in [0.2, 0.25) is 0 Å². The monoisotopic (exact) mass is 390 g/mol. The van der Waals surface area contributed by atoms with Crippen molar-refractivity contribution >= 4 is 21.8 Å². The van der Waals surface area contributed by atoms with E-state index in [2.05, 4.69) is 0 Å². The Morgan fingerprint density at radius 1 is 1.23 bits per heavy atom. The van der Waals surface area contributed by atoms with Crippen molar-refractivity contribution in [3.05, 3.63) is 29.8 Å². The summed E-state index contributed by atoms with van der Waals surface area (Å²) in [4.78, 5) is 24.9. The van der Waals surface area contributed by atoms with Gasteiger partial charge in [-0.05, 0) is 38.3 Å². The maximum absolute atomic E-state index is 13.1. The van der Waals surface area contributed by atoms with E-state index in [1.54, 1.807) is 4.72 Å². The van der Waals surface area contributed by atoms with Gasteiger partial charge in [0.25, 0.3) is 15.9 Å². The molecule has 142 valence electrons. The average Bonchev–Trinajstić information content (AvgIpc) is 3.36. The fourth-order valence-corrected chi connectivity index (χ4v) is 4.23. The van der Waals surface area contributed by atoms with Gasteiger partial charge in [0.2, 0.25) is 5.91 Å². The highest BCUT2D eigenvalue weighted by Gasteiger charge is 2.53. The second kappa shape index (κ2) is 5.97. The van der Waals surface area contributed by atoms with Crippen molar-refractivity contribution in [2.45, 2.75) is 42.8 Å². The molecule has 0 spiro atoms. The Labute approximate surface area is 148 Å². The lowest BCUT2D eigenvalue weighted by Gasteiger charge is -2.49. The second-order valence-corrected chi connectivity index (χ2v) is 8.37. The van der Waals surface area contributed by atoms with Crippen LogP contribution >= 0.6 is 0 Å². The molecule has 1 atom stereocenters. The zero-order valence-corrected chi connectivity index (χ0v) is 14.7. The predicted molar refractivity (Wildman–Crippen MR) is 84.2 cm³/mol. The lowest BCUT2D eigenvalue weighted by atomic mass is 9.85. The van der Waals surface area contributed by atoms with Gasteiger partial charge in [-0.3, -0.25) is 9.59 Å². The molecule has 1 saturated carbocycles. The van der Waals surface area contributed by atoms with Crippen LogP contribution in [0.5, 0.6) is 0 Å². The maximum Gasteiger partial charge on any atom is 0.417 e. The van der Waals surface area contributed by atoms with E-state index in [1.807, 2.05) is 0 Å². The summed E-state index contributed by atoms with van der Waals surface area (Å²) >= 11 is 0. The lowest BCUT2D eigenvalue weighted by molar-refractivity contribution is -0.157. The number of alkyl halides is 3. The van der Waals surface area contributed by atoms with Gasteiger partial charge in [0.05, 0.1) is 10.5 Å². The highest BCUT2D eigenvalue weighted by molar-refractivity contribution is 7.90. The van der Waals surface area contributed by atoms with Gasteiger partial charge in [-0.1, -0.05) is 12.1 Å². The Bertz CT molecular complexity index is 864. The number of likely N-dealkylation sites (tertiary alicyclic amines) is 1. The molecule has 0 aromatic heterocycles. The number of carbonyl (C=O) groups excluding carboxylic acids is 2. The smallest absolute Gasteiger partial charge is 0.328 e. The van der Waals surface area contributed by atoms with Crippen LogP contribution in [0.15, 0.2) is 29.2 Å². The summed E-state index contributed by atoms with van der Waals surface area (Å²) in [7, 11) is -4.74. The first-order chi connectivity index (χ1) is 12.0. The second-order valence-electron chi connectivity index (χ2n) is 6.72. The molecule has 1 unspecified atom stereocenters. The third-order valence-electron chi connectivity index (χ3n) is 4.81. The summed E-state index contributed by atoms with van der Waals surface area (Å²) in [6.45, 7) is 1.73. The van der Waals surface area contributed by atoms with Crippen LogP contribution in [0, 0.1) is 5.92 Å². The SMILES string of the molecule is CC1(C(=O)NS(=O)(=O)c2ccccc2C(F)(F)F)CCN1C(=O)C1CC1. The highest BCUT2D eigenvalue weighted by atomic mass is 32.2. The number of amides is 2. The summed E-state index contributed by atoms with van der Waals surface area (Å²) in [6, 6.07) is 3.62. The van der Waals surface area contributed by atoms with Gasteiger partial charge in [0, 0.05) is 12.5 Å². The minimum absolute atomic E-state index is 0.148. The van der Waals surface area contributed by atoms with Crippen LogP contribution < -0.4 is 4.72 Å². The Morgan fingerprint density at radius 3 is 2.35 bits per heavy atom. The van der Waals surface area contributed by atoms with Gasteiger partial charge >= 0.3 is 6.18 Å². The number of hydrogen-bond acceptors (Lipinski definition) is 4. The molecule has 2 aliphatic rings. The van der Waals surface area contributed by atoms with Crippen molar-refractivity contribution in [3.63, 3.8) is 0 Å². The van der Waals surface area contributed by atoms with Gasteiger partial charge < -0.3 is 4.90 Å². The van der Waals surface area contributed by atoms with E-state index in [9.17, 15) is 31.2 Å². The van der Waals surface area contributed by atoms with Crippen molar-refractivity contribution in [1.29, 1.82) is 0 Å². The first-order valence-electron chi connectivity index (χ1n) is 8.02. The lowest BCUT2D eigenvalue weighted by Crippen LogP contribution is -2.68. The molecule has 3 rings (SSSR count). The molecule has 10 heteroatoms. The molecule has 1 aliphatic carbocycles. The molecule has 1 aromatic rings. The number of rotatable bonds is 4. The van der Waals surface area contributed by atoms with E-state index in [-0.39, 0.29) is 18.2 Å². The zero-order valence-electron chi connectivity index (χ0n) is 13.8. The Kier molecular flexibility index (Phi) is 4.29. The quantitative estimate of drug-likeness (QED) is 0.851. The van der Waals surface area contributed by atoms with E-state index in [1.165, 1.54) is 11.8 Å². The van der Waals surface area contributed by atoms with Crippen LogP contribution in [0.3, 0.4) is 0 Å². The predicted octanol–water partition coefficient (Wildman–Crippen LogP) is 1.91. The maximum atomic E-state index is 13.1. The van der Waals surface area contributed by atoms with Crippen LogP contribution in [-0.4, -0.2) is 37.2 Å². The van der Waals surface area contributed by atoms with Gasteiger partial charge in [0.1, 0.15) is 5.54 Å². The average molecular weight is 390 g/mol. The molecule has 1 heterocycles. The zero-order chi connectivity index (χ0) is 19.3. The molecular formula is C16H17F3N2O4S. The van der Waals surface area contributed by atoms with Crippen molar-refractivity contribution in [2.24, 2.45) is 5.92 Å². The molecular weight excluding hydrogens is 373 g/mol. The minimum atomic E-state index is -4.89. The summed E-state index contributed by atoms with van der Waals surface area (Å²) in [5.74, 6) is -1.37. The topological polar surface area (TPSA) is 83.6 Å². The number of nitrogens with one attached hydrogen (secondary N) is 1. The van der Waals surface area contributed by atoms with E-state index in [0.717, 1.165) is 31.0 Å².